The number of nitrogens with one attached hydrogen (secondary N) is 2. The third-order valence-electron chi connectivity index (χ3n) is 3.21. The molecule has 15 heavy (non-hydrogen) atoms. The summed E-state index contributed by atoms with van der Waals surface area (Å²) in [5.74, 6) is 1.73. The first-order chi connectivity index (χ1) is 7.24. The number of H-pyrrole nitrogens is 1. The van der Waals surface area contributed by atoms with E-state index in [2.05, 4.69) is 40.4 Å². The minimum atomic E-state index is 0.526. The molecule has 1 aromatic heterocycles. The number of imidazole rings is 1. The summed E-state index contributed by atoms with van der Waals surface area (Å²) >= 11 is 0. The molecule has 2 N–H and O–H groups in total. The van der Waals surface area contributed by atoms with Gasteiger partial charge in [-0.25, -0.2) is 4.98 Å². The van der Waals surface area contributed by atoms with E-state index in [1.807, 2.05) is 6.92 Å². The molecule has 3 rings (SSSR count). The van der Waals surface area contributed by atoms with Gasteiger partial charge in [0.2, 0.25) is 0 Å². The molecule has 0 amide bonds. The largest absolute Gasteiger partial charge is 0.342 e. The minimum Gasteiger partial charge on any atom is -0.342 e. The van der Waals surface area contributed by atoms with Crippen molar-refractivity contribution in [2.45, 2.75) is 19.9 Å². The van der Waals surface area contributed by atoms with Gasteiger partial charge in [-0.15, -0.1) is 0 Å². The number of fused-ring (bicyclic) bond motifs is 1. The Bertz CT molecular complexity index is 501. The second-order valence-electron chi connectivity index (χ2n) is 4.46. The van der Waals surface area contributed by atoms with E-state index in [1.54, 1.807) is 0 Å². The molecule has 2 heterocycles. The highest BCUT2D eigenvalue weighted by Gasteiger charge is 2.27. The highest BCUT2D eigenvalue weighted by Crippen LogP contribution is 2.30. The molecule has 0 aliphatic carbocycles. The normalized spacial score (nSPS) is 25.5. The van der Waals surface area contributed by atoms with E-state index in [1.165, 1.54) is 5.56 Å². The second kappa shape index (κ2) is 3.07. The summed E-state index contributed by atoms with van der Waals surface area (Å²) < 4.78 is 0. The Morgan fingerprint density at radius 2 is 2.27 bits per heavy atom. The highest BCUT2D eigenvalue weighted by molar-refractivity contribution is 5.76. The van der Waals surface area contributed by atoms with Gasteiger partial charge in [0.25, 0.3) is 0 Å². The molecule has 3 nitrogen and oxygen atoms in total. The first-order valence-electron chi connectivity index (χ1n) is 5.44. The van der Waals surface area contributed by atoms with Gasteiger partial charge in [-0.1, -0.05) is 13.0 Å². The molecule has 2 atom stereocenters. The first kappa shape index (κ1) is 8.92. The minimum absolute atomic E-state index is 0.526. The quantitative estimate of drug-likeness (QED) is 0.742. The number of benzene rings is 1. The number of hydrogen-bond donors (Lipinski definition) is 2. The molecular weight excluding hydrogens is 186 g/mol. The standard InChI is InChI=1S/C12H15N3/c1-7-6-13-12(7)9-3-4-10-11(5-9)15-8(2)14-10/h3-5,7,12-13H,6H2,1-2H3,(H,14,15). The highest BCUT2D eigenvalue weighted by atomic mass is 15.0. The lowest BCUT2D eigenvalue weighted by Gasteiger charge is -2.35. The third kappa shape index (κ3) is 1.35. The van der Waals surface area contributed by atoms with Crippen LogP contribution < -0.4 is 5.32 Å². The number of aromatic nitrogens is 2. The van der Waals surface area contributed by atoms with Crippen LogP contribution in [0.3, 0.4) is 0 Å². The van der Waals surface area contributed by atoms with Crippen molar-refractivity contribution in [3.63, 3.8) is 0 Å². The molecule has 0 radical (unpaired) electrons. The van der Waals surface area contributed by atoms with E-state index in [-0.39, 0.29) is 0 Å². The number of hydrogen-bond acceptors (Lipinski definition) is 2. The average molecular weight is 201 g/mol. The van der Waals surface area contributed by atoms with Crippen LogP contribution in [0.15, 0.2) is 18.2 Å². The molecule has 1 fully saturated rings. The third-order valence-corrected chi connectivity index (χ3v) is 3.21. The van der Waals surface area contributed by atoms with Crippen molar-refractivity contribution < 1.29 is 0 Å². The fourth-order valence-electron chi connectivity index (χ4n) is 2.27. The molecular formula is C12H15N3. The van der Waals surface area contributed by atoms with Crippen LogP contribution in [0.2, 0.25) is 0 Å². The molecule has 2 unspecified atom stereocenters. The van der Waals surface area contributed by atoms with Crippen LogP contribution in [0.4, 0.5) is 0 Å². The summed E-state index contributed by atoms with van der Waals surface area (Å²) in [7, 11) is 0. The van der Waals surface area contributed by atoms with E-state index < -0.39 is 0 Å². The lowest BCUT2D eigenvalue weighted by atomic mass is 9.87. The zero-order valence-corrected chi connectivity index (χ0v) is 9.04. The van der Waals surface area contributed by atoms with Gasteiger partial charge >= 0.3 is 0 Å². The van der Waals surface area contributed by atoms with Gasteiger partial charge in [0.1, 0.15) is 5.82 Å². The molecule has 1 saturated heterocycles. The van der Waals surface area contributed by atoms with E-state index in [4.69, 9.17) is 0 Å². The Balaban J connectivity index is 2.05. The lowest BCUT2D eigenvalue weighted by molar-refractivity contribution is 0.258. The topological polar surface area (TPSA) is 40.7 Å². The monoisotopic (exact) mass is 201 g/mol. The Kier molecular flexibility index (Phi) is 1.83. The van der Waals surface area contributed by atoms with Crippen LogP contribution in [0, 0.1) is 12.8 Å². The Labute approximate surface area is 88.9 Å². The van der Waals surface area contributed by atoms with E-state index >= 15 is 0 Å². The van der Waals surface area contributed by atoms with Gasteiger partial charge < -0.3 is 10.3 Å². The van der Waals surface area contributed by atoms with Gasteiger partial charge in [-0.3, -0.25) is 0 Å². The maximum Gasteiger partial charge on any atom is 0.104 e. The zero-order chi connectivity index (χ0) is 10.4. The molecule has 3 heteroatoms. The van der Waals surface area contributed by atoms with E-state index in [0.29, 0.717) is 6.04 Å². The number of aryl methyl sites for hydroxylation is 1. The zero-order valence-electron chi connectivity index (χ0n) is 9.04. The molecule has 0 saturated carbocycles. The predicted molar refractivity (Wildman–Crippen MR) is 60.7 cm³/mol. The van der Waals surface area contributed by atoms with Gasteiger partial charge in [-0.05, 0) is 30.5 Å². The van der Waals surface area contributed by atoms with Crippen molar-refractivity contribution in [1.29, 1.82) is 0 Å². The Morgan fingerprint density at radius 1 is 1.40 bits per heavy atom. The summed E-state index contributed by atoms with van der Waals surface area (Å²) in [5.41, 5.74) is 3.57. The van der Waals surface area contributed by atoms with Crippen LogP contribution in [-0.4, -0.2) is 16.5 Å². The van der Waals surface area contributed by atoms with Crippen molar-refractivity contribution in [1.82, 2.24) is 15.3 Å². The van der Waals surface area contributed by atoms with Gasteiger partial charge in [0, 0.05) is 12.6 Å². The molecule has 0 bridgehead atoms. The van der Waals surface area contributed by atoms with Gasteiger partial charge in [0.05, 0.1) is 11.0 Å². The summed E-state index contributed by atoms with van der Waals surface area (Å²) in [6.45, 7) is 5.40. The van der Waals surface area contributed by atoms with Crippen LogP contribution >= 0.6 is 0 Å². The van der Waals surface area contributed by atoms with Crippen molar-refractivity contribution in [2.75, 3.05) is 6.54 Å². The van der Waals surface area contributed by atoms with Crippen molar-refractivity contribution in [3.8, 4) is 0 Å². The fraction of sp³-hybridized carbons (Fsp3) is 0.417. The Morgan fingerprint density at radius 3 is 2.93 bits per heavy atom. The van der Waals surface area contributed by atoms with Crippen molar-refractivity contribution in [3.05, 3.63) is 29.6 Å². The van der Waals surface area contributed by atoms with Gasteiger partial charge in [0.15, 0.2) is 0 Å². The molecule has 1 aliphatic rings. The van der Waals surface area contributed by atoms with Crippen molar-refractivity contribution >= 4 is 11.0 Å². The smallest absolute Gasteiger partial charge is 0.104 e. The first-order valence-corrected chi connectivity index (χ1v) is 5.44. The molecule has 1 aliphatic heterocycles. The number of rotatable bonds is 1. The predicted octanol–water partition coefficient (Wildman–Crippen LogP) is 2.15. The lowest BCUT2D eigenvalue weighted by Crippen LogP contribution is -2.43. The number of aromatic amines is 1. The summed E-state index contributed by atoms with van der Waals surface area (Å²) in [6.07, 6.45) is 0. The summed E-state index contributed by atoms with van der Waals surface area (Å²) in [4.78, 5) is 7.68. The molecule has 1 aromatic carbocycles. The number of nitrogens with zero attached hydrogens (tertiary/aromatic N) is 1. The average Bonchev–Trinajstić information content (AvgIpc) is 2.55. The Hall–Kier alpha value is -1.35. The van der Waals surface area contributed by atoms with E-state index in [0.717, 1.165) is 29.3 Å². The maximum absolute atomic E-state index is 4.40. The van der Waals surface area contributed by atoms with Crippen LogP contribution in [0.5, 0.6) is 0 Å². The maximum atomic E-state index is 4.40. The molecule has 2 aromatic rings. The second-order valence-corrected chi connectivity index (χ2v) is 4.46. The summed E-state index contributed by atoms with van der Waals surface area (Å²) in [6, 6.07) is 7.01. The van der Waals surface area contributed by atoms with Crippen LogP contribution in [0.1, 0.15) is 24.4 Å². The fourth-order valence-corrected chi connectivity index (χ4v) is 2.27. The van der Waals surface area contributed by atoms with Crippen molar-refractivity contribution in [2.24, 2.45) is 5.92 Å². The van der Waals surface area contributed by atoms with Crippen LogP contribution in [0.25, 0.3) is 11.0 Å². The molecule has 0 spiro atoms. The molecule has 78 valence electrons. The van der Waals surface area contributed by atoms with Gasteiger partial charge in [-0.2, -0.15) is 0 Å². The SMILES string of the molecule is Cc1nc2ccc(C3NCC3C)cc2[nH]1. The van der Waals surface area contributed by atoms with E-state index in [9.17, 15) is 0 Å². The van der Waals surface area contributed by atoms with Crippen LogP contribution in [-0.2, 0) is 0 Å². The summed E-state index contributed by atoms with van der Waals surface area (Å²) in [5, 5.41) is 3.45.